The second kappa shape index (κ2) is 5.14. The van der Waals surface area contributed by atoms with Gasteiger partial charge >= 0.3 is 0 Å². The highest BCUT2D eigenvalue weighted by Gasteiger charge is 2.30. The molecule has 0 saturated carbocycles. The van der Waals surface area contributed by atoms with Gasteiger partial charge in [-0.05, 0) is 12.8 Å². The molecule has 0 aromatic rings. The molecule has 0 aromatic heterocycles. The first kappa shape index (κ1) is 10.5. The molecule has 14 heavy (non-hydrogen) atoms. The summed E-state index contributed by atoms with van der Waals surface area (Å²) in [6, 6.07) is 0. The van der Waals surface area contributed by atoms with E-state index in [2.05, 4.69) is 0 Å². The predicted molar refractivity (Wildman–Crippen MR) is 55.6 cm³/mol. The third-order valence-corrected chi connectivity index (χ3v) is 3.75. The highest BCUT2D eigenvalue weighted by molar-refractivity contribution is 7.99. The van der Waals surface area contributed by atoms with Crippen molar-refractivity contribution in [2.45, 2.75) is 18.9 Å². The number of ketones is 1. The van der Waals surface area contributed by atoms with E-state index in [9.17, 15) is 4.79 Å². The average Bonchev–Trinajstić information content (AvgIpc) is 2.30. The lowest BCUT2D eigenvalue weighted by atomic mass is 9.92. The molecule has 0 spiro atoms. The molecule has 2 heterocycles. The van der Waals surface area contributed by atoms with Crippen molar-refractivity contribution in [2.24, 2.45) is 5.92 Å². The standard InChI is InChI=1S/C10H16O3S/c11-10(8-1-3-12-4-2-8)9-7-14-6-5-13-9/h8-9H,1-7H2. The summed E-state index contributed by atoms with van der Waals surface area (Å²) in [7, 11) is 0. The summed E-state index contributed by atoms with van der Waals surface area (Å²) >= 11 is 1.82. The van der Waals surface area contributed by atoms with Crippen LogP contribution >= 0.6 is 11.8 Å². The van der Waals surface area contributed by atoms with Crippen molar-refractivity contribution in [3.63, 3.8) is 0 Å². The van der Waals surface area contributed by atoms with E-state index in [1.807, 2.05) is 11.8 Å². The summed E-state index contributed by atoms with van der Waals surface area (Å²) in [5, 5.41) is 0. The number of rotatable bonds is 2. The summed E-state index contributed by atoms with van der Waals surface area (Å²) < 4.78 is 10.7. The second-order valence-corrected chi connectivity index (χ2v) is 4.87. The Labute approximate surface area is 88.5 Å². The summed E-state index contributed by atoms with van der Waals surface area (Å²) in [5.41, 5.74) is 0. The lowest BCUT2D eigenvalue weighted by molar-refractivity contribution is -0.136. The van der Waals surface area contributed by atoms with Crippen molar-refractivity contribution >= 4 is 17.5 Å². The molecule has 4 heteroatoms. The Morgan fingerprint density at radius 1 is 1.21 bits per heavy atom. The maximum Gasteiger partial charge on any atom is 0.165 e. The molecule has 0 radical (unpaired) electrons. The number of Topliss-reactive ketones (excluding diaryl/α,β-unsaturated/α-hetero) is 1. The normalized spacial score (nSPS) is 30.1. The third-order valence-electron chi connectivity index (χ3n) is 2.76. The highest BCUT2D eigenvalue weighted by Crippen LogP contribution is 2.22. The minimum Gasteiger partial charge on any atom is -0.381 e. The molecule has 3 nitrogen and oxygen atoms in total. The van der Waals surface area contributed by atoms with E-state index in [-0.39, 0.29) is 12.0 Å². The molecule has 0 amide bonds. The second-order valence-electron chi connectivity index (χ2n) is 3.72. The molecule has 1 atom stereocenters. The van der Waals surface area contributed by atoms with Crippen LogP contribution in [-0.4, -0.2) is 43.2 Å². The number of thioether (sulfide) groups is 1. The monoisotopic (exact) mass is 216 g/mol. The van der Waals surface area contributed by atoms with Crippen LogP contribution in [0.5, 0.6) is 0 Å². The minimum atomic E-state index is -0.142. The molecule has 0 bridgehead atoms. The van der Waals surface area contributed by atoms with Gasteiger partial charge < -0.3 is 9.47 Å². The Bertz CT molecular complexity index is 176. The van der Waals surface area contributed by atoms with Gasteiger partial charge in [-0.1, -0.05) is 0 Å². The van der Waals surface area contributed by atoms with E-state index in [4.69, 9.17) is 9.47 Å². The van der Waals surface area contributed by atoms with Crippen molar-refractivity contribution in [1.29, 1.82) is 0 Å². The smallest absolute Gasteiger partial charge is 0.165 e. The molecule has 0 aliphatic carbocycles. The third kappa shape index (κ3) is 2.49. The quantitative estimate of drug-likeness (QED) is 0.693. The van der Waals surface area contributed by atoms with Gasteiger partial charge in [0, 0.05) is 30.6 Å². The lowest BCUT2D eigenvalue weighted by Crippen LogP contribution is -2.38. The van der Waals surface area contributed by atoms with E-state index < -0.39 is 0 Å². The van der Waals surface area contributed by atoms with Crippen molar-refractivity contribution in [1.82, 2.24) is 0 Å². The zero-order valence-corrected chi connectivity index (χ0v) is 9.05. The van der Waals surface area contributed by atoms with E-state index in [0.717, 1.165) is 44.2 Å². The molecule has 0 N–H and O–H groups in total. The van der Waals surface area contributed by atoms with Crippen LogP contribution in [0.25, 0.3) is 0 Å². The molecule has 80 valence electrons. The molecule has 1 unspecified atom stereocenters. The molecular weight excluding hydrogens is 200 g/mol. The van der Waals surface area contributed by atoms with Crippen molar-refractivity contribution in [3.8, 4) is 0 Å². The number of carbonyl (C=O) groups excluding carboxylic acids is 1. The first-order chi connectivity index (χ1) is 6.88. The highest BCUT2D eigenvalue weighted by atomic mass is 32.2. The van der Waals surface area contributed by atoms with Crippen LogP contribution in [0, 0.1) is 5.92 Å². The maximum absolute atomic E-state index is 12.0. The summed E-state index contributed by atoms with van der Waals surface area (Å²) in [6.07, 6.45) is 1.61. The Kier molecular flexibility index (Phi) is 3.84. The number of hydrogen-bond acceptors (Lipinski definition) is 4. The van der Waals surface area contributed by atoms with E-state index in [1.54, 1.807) is 0 Å². The van der Waals surface area contributed by atoms with Gasteiger partial charge in [-0.25, -0.2) is 0 Å². The molecular formula is C10H16O3S. The zero-order valence-electron chi connectivity index (χ0n) is 8.24. The van der Waals surface area contributed by atoms with E-state index in [0.29, 0.717) is 5.78 Å². The maximum atomic E-state index is 12.0. The van der Waals surface area contributed by atoms with Crippen LogP contribution in [0.1, 0.15) is 12.8 Å². The van der Waals surface area contributed by atoms with Gasteiger partial charge in [-0.2, -0.15) is 11.8 Å². The molecule has 2 aliphatic heterocycles. The minimum absolute atomic E-state index is 0.142. The van der Waals surface area contributed by atoms with Crippen molar-refractivity contribution in [3.05, 3.63) is 0 Å². The SMILES string of the molecule is O=C(C1CCOCC1)C1CSCCO1. The lowest BCUT2D eigenvalue weighted by Gasteiger charge is -2.27. The molecule has 2 fully saturated rings. The van der Waals surface area contributed by atoms with Crippen molar-refractivity contribution < 1.29 is 14.3 Å². The summed E-state index contributed by atoms with van der Waals surface area (Å²) in [5.74, 6) is 2.36. The van der Waals surface area contributed by atoms with Gasteiger partial charge in [0.05, 0.1) is 6.61 Å². The van der Waals surface area contributed by atoms with Crippen LogP contribution in [0.3, 0.4) is 0 Å². The summed E-state index contributed by atoms with van der Waals surface area (Å²) in [4.78, 5) is 12.0. The molecule has 2 saturated heterocycles. The number of hydrogen-bond donors (Lipinski definition) is 0. The fraction of sp³-hybridized carbons (Fsp3) is 0.900. The molecule has 0 aromatic carbocycles. The van der Waals surface area contributed by atoms with Crippen LogP contribution in [0.2, 0.25) is 0 Å². The van der Waals surface area contributed by atoms with Crippen LogP contribution in [0.15, 0.2) is 0 Å². The van der Waals surface area contributed by atoms with Crippen LogP contribution in [-0.2, 0) is 14.3 Å². The zero-order chi connectivity index (χ0) is 9.80. The van der Waals surface area contributed by atoms with Gasteiger partial charge in [0.1, 0.15) is 6.10 Å². The topological polar surface area (TPSA) is 35.5 Å². The van der Waals surface area contributed by atoms with E-state index >= 15 is 0 Å². The number of ether oxygens (including phenoxy) is 2. The Balaban J connectivity index is 1.85. The molecule has 2 rings (SSSR count). The Morgan fingerprint density at radius 3 is 2.64 bits per heavy atom. The fourth-order valence-corrected chi connectivity index (χ4v) is 2.75. The van der Waals surface area contributed by atoms with Gasteiger partial charge in [0.2, 0.25) is 0 Å². The first-order valence-corrected chi connectivity index (χ1v) is 6.34. The van der Waals surface area contributed by atoms with Gasteiger partial charge in [0.15, 0.2) is 5.78 Å². The summed E-state index contributed by atoms with van der Waals surface area (Å²) in [6.45, 7) is 2.19. The van der Waals surface area contributed by atoms with E-state index in [1.165, 1.54) is 0 Å². The Morgan fingerprint density at radius 2 is 2.00 bits per heavy atom. The predicted octanol–water partition coefficient (Wildman–Crippen LogP) is 1.11. The van der Waals surface area contributed by atoms with Crippen LogP contribution in [0.4, 0.5) is 0 Å². The average molecular weight is 216 g/mol. The fourth-order valence-electron chi connectivity index (χ4n) is 1.90. The van der Waals surface area contributed by atoms with Gasteiger partial charge in [-0.3, -0.25) is 4.79 Å². The Hall–Kier alpha value is -0.0600. The number of carbonyl (C=O) groups is 1. The largest absolute Gasteiger partial charge is 0.381 e. The van der Waals surface area contributed by atoms with Gasteiger partial charge in [0.25, 0.3) is 0 Å². The van der Waals surface area contributed by atoms with Crippen molar-refractivity contribution in [2.75, 3.05) is 31.3 Å². The van der Waals surface area contributed by atoms with Crippen LogP contribution < -0.4 is 0 Å². The first-order valence-electron chi connectivity index (χ1n) is 5.19. The molecule has 2 aliphatic rings. The van der Waals surface area contributed by atoms with Gasteiger partial charge in [-0.15, -0.1) is 0 Å².